The van der Waals surface area contributed by atoms with Crippen LogP contribution in [-0.2, 0) is 15.7 Å². The minimum Gasteiger partial charge on any atom is -0.384 e. The van der Waals surface area contributed by atoms with Crippen molar-refractivity contribution in [1.29, 1.82) is 0 Å². The highest BCUT2D eigenvalue weighted by Crippen LogP contribution is 2.35. The van der Waals surface area contributed by atoms with Gasteiger partial charge in [0.2, 0.25) is 5.91 Å². The number of rotatable bonds is 5. The third-order valence-corrected chi connectivity index (χ3v) is 5.10. The molecule has 0 spiro atoms. The average molecular weight is 357 g/mol. The molecule has 1 aliphatic heterocycles. The molecular weight excluding hydrogens is 331 g/mol. The third-order valence-electron chi connectivity index (χ3n) is 5.10. The van der Waals surface area contributed by atoms with Crippen molar-refractivity contribution in [3.8, 4) is 0 Å². The first kappa shape index (κ1) is 19.8. The molecular formula is C19H26F3NO2. The summed E-state index contributed by atoms with van der Waals surface area (Å²) in [7, 11) is 1.67. The minimum atomic E-state index is -4.40. The highest BCUT2D eigenvalue weighted by Gasteiger charge is 2.35. The van der Waals surface area contributed by atoms with Crippen molar-refractivity contribution in [2.24, 2.45) is 5.41 Å². The van der Waals surface area contributed by atoms with Gasteiger partial charge in [0.25, 0.3) is 0 Å². The van der Waals surface area contributed by atoms with Crippen molar-refractivity contribution >= 4 is 5.91 Å². The van der Waals surface area contributed by atoms with E-state index in [9.17, 15) is 18.0 Å². The number of benzene rings is 1. The van der Waals surface area contributed by atoms with Gasteiger partial charge in [0.05, 0.1) is 18.1 Å². The van der Waals surface area contributed by atoms with Gasteiger partial charge in [-0.2, -0.15) is 13.2 Å². The van der Waals surface area contributed by atoms with Crippen molar-refractivity contribution in [2.45, 2.75) is 45.2 Å². The molecule has 25 heavy (non-hydrogen) atoms. The summed E-state index contributed by atoms with van der Waals surface area (Å²) in [5.74, 6) is -0.615. The first-order valence-corrected chi connectivity index (χ1v) is 8.65. The molecule has 1 aromatic carbocycles. The van der Waals surface area contributed by atoms with Crippen LogP contribution in [0.15, 0.2) is 24.3 Å². The smallest absolute Gasteiger partial charge is 0.384 e. The highest BCUT2D eigenvalue weighted by molar-refractivity contribution is 5.83. The van der Waals surface area contributed by atoms with Crippen molar-refractivity contribution in [1.82, 2.24) is 4.90 Å². The number of hydrogen-bond donors (Lipinski definition) is 0. The molecule has 1 saturated heterocycles. The van der Waals surface area contributed by atoms with Crippen LogP contribution in [0, 0.1) is 5.41 Å². The lowest BCUT2D eigenvalue weighted by Gasteiger charge is -2.40. The molecule has 0 aromatic heterocycles. The lowest BCUT2D eigenvalue weighted by Crippen LogP contribution is -2.45. The fourth-order valence-corrected chi connectivity index (χ4v) is 3.46. The summed E-state index contributed by atoms with van der Waals surface area (Å²) < 4.78 is 44.1. The Morgan fingerprint density at radius 3 is 2.48 bits per heavy atom. The molecule has 0 saturated carbocycles. The molecule has 1 fully saturated rings. The zero-order valence-corrected chi connectivity index (χ0v) is 15.0. The monoisotopic (exact) mass is 357 g/mol. The van der Waals surface area contributed by atoms with E-state index in [1.165, 1.54) is 6.07 Å². The second kappa shape index (κ2) is 7.77. The molecule has 1 aromatic rings. The summed E-state index contributed by atoms with van der Waals surface area (Å²) in [6.45, 7) is 5.87. The number of amides is 1. The Morgan fingerprint density at radius 2 is 1.96 bits per heavy atom. The van der Waals surface area contributed by atoms with Gasteiger partial charge in [-0.05, 0) is 36.3 Å². The van der Waals surface area contributed by atoms with E-state index in [1.807, 2.05) is 6.92 Å². The van der Waals surface area contributed by atoms with Crippen molar-refractivity contribution in [3.05, 3.63) is 35.4 Å². The molecule has 2 rings (SSSR count). The van der Waals surface area contributed by atoms with E-state index in [4.69, 9.17) is 4.74 Å². The third kappa shape index (κ3) is 4.75. The van der Waals surface area contributed by atoms with Crippen LogP contribution in [0.25, 0.3) is 0 Å². The summed E-state index contributed by atoms with van der Waals surface area (Å²) in [5.41, 5.74) is -0.209. The summed E-state index contributed by atoms with van der Waals surface area (Å²) >= 11 is 0. The fraction of sp³-hybridized carbons (Fsp3) is 0.632. The minimum absolute atomic E-state index is 0.0590. The molecule has 1 heterocycles. The van der Waals surface area contributed by atoms with Crippen LogP contribution < -0.4 is 0 Å². The summed E-state index contributed by atoms with van der Waals surface area (Å²) in [5, 5.41) is 0. The normalized spacial score (nSPS) is 18.9. The second-order valence-corrected chi connectivity index (χ2v) is 7.15. The van der Waals surface area contributed by atoms with E-state index >= 15 is 0 Å². The number of ether oxygens (including phenoxy) is 1. The van der Waals surface area contributed by atoms with Gasteiger partial charge in [0.1, 0.15) is 0 Å². The van der Waals surface area contributed by atoms with Crippen molar-refractivity contribution in [2.75, 3.05) is 26.8 Å². The maximum absolute atomic E-state index is 12.9. The zero-order valence-electron chi connectivity index (χ0n) is 15.0. The van der Waals surface area contributed by atoms with Crippen LogP contribution in [0.3, 0.4) is 0 Å². The molecule has 1 aliphatic rings. The largest absolute Gasteiger partial charge is 0.416 e. The summed E-state index contributed by atoms with van der Waals surface area (Å²) in [6, 6.07) is 5.13. The molecule has 0 aliphatic carbocycles. The summed E-state index contributed by atoms with van der Waals surface area (Å²) in [4.78, 5) is 14.7. The van der Waals surface area contributed by atoms with Crippen LogP contribution in [-0.4, -0.2) is 37.6 Å². The van der Waals surface area contributed by atoms with Crippen LogP contribution in [0.4, 0.5) is 13.2 Å². The Hall–Kier alpha value is -1.56. The topological polar surface area (TPSA) is 29.5 Å². The summed E-state index contributed by atoms with van der Waals surface area (Å²) in [6.07, 6.45) is -2.24. The maximum Gasteiger partial charge on any atom is 0.416 e. The number of halogens is 3. The van der Waals surface area contributed by atoms with Crippen LogP contribution in [0.1, 0.15) is 50.2 Å². The van der Waals surface area contributed by atoms with Crippen molar-refractivity contribution in [3.63, 3.8) is 0 Å². The number of nitrogens with zero attached hydrogens (tertiary/aromatic N) is 1. The van der Waals surface area contributed by atoms with E-state index in [1.54, 1.807) is 18.1 Å². The van der Waals surface area contributed by atoms with Gasteiger partial charge in [-0.3, -0.25) is 4.79 Å². The van der Waals surface area contributed by atoms with E-state index in [2.05, 4.69) is 6.92 Å². The molecule has 1 atom stereocenters. The molecule has 3 nitrogen and oxygen atoms in total. The van der Waals surface area contributed by atoms with E-state index in [-0.39, 0.29) is 11.3 Å². The van der Waals surface area contributed by atoms with Gasteiger partial charge >= 0.3 is 6.18 Å². The number of carbonyl (C=O) groups is 1. The Kier molecular flexibility index (Phi) is 6.14. The lowest BCUT2D eigenvalue weighted by molar-refractivity contribution is -0.138. The van der Waals surface area contributed by atoms with E-state index < -0.39 is 17.7 Å². The zero-order chi connectivity index (χ0) is 18.7. The maximum atomic E-state index is 12.9. The van der Waals surface area contributed by atoms with Gasteiger partial charge in [0.15, 0.2) is 0 Å². The number of methoxy groups -OCH3 is 1. The standard InChI is InChI=1S/C19H26F3NO2/c1-4-16(14-6-5-7-15(12-14)19(20,21)22)17(24)23-10-8-18(2,9-11-23)13-25-3/h5-7,12,16H,4,8-11,13H2,1-3H3/t16-/m1/s1. The Labute approximate surface area is 147 Å². The first-order chi connectivity index (χ1) is 11.7. The molecule has 0 N–H and O–H groups in total. The Bertz CT molecular complexity index is 593. The number of alkyl halides is 3. The molecule has 0 radical (unpaired) electrons. The van der Waals surface area contributed by atoms with Gasteiger partial charge in [-0.15, -0.1) is 0 Å². The van der Waals surface area contributed by atoms with Crippen LogP contribution in [0.5, 0.6) is 0 Å². The van der Waals surface area contributed by atoms with E-state index in [0.29, 0.717) is 31.7 Å². The van der Waals surface area contributed by atoms with Gasteiger partial charge < -0.3 is 9.64 Å². The van der Waals surface area contributed by atoms with Gasteiger partial charge in [-0.25, -0.2) is 0 Å². The van der Waals surface area contributed by atoms with Crippen molar-refractivity contribution < 1.29 is 22.7 Å². The predicted octanol–water partition coefficient (Wildman–Crippen LogP) is 4.47. The quantitative estimate of drug-likeness (QED) is 0.778. The first-order valence-electron chi connectivity index (χ1n) is 8.65. The number of likely N-dealkylation sites (tertiary alicyclic amines) is 1. The predicted molar refractivity (Wildman–Crippen MR) is 90.3 cm³/mol. The number of hydrogen-bond acceptors (Lipinski definition) is 2. The fourth-order valence-electron chi connectivity index (χ4n) is 3.46. The lowest BCUT2D eigenvalue weighted by atomic mass is 9.80. The molecule has 0 unspecified atom stereocenters. The Balaban J connectivity index is 2.12. The SMILES string of the molecule is CC[C@@H](C(=O)N1CCC(C)(COC)CC1)c1cccc(C(F)(F)F)c1. The molecule has 1 amide bonds. The Morgan fingerprint density at radius 1 is 1.32 bits per heavy atom. The number of carbonyl (C=O) groups excluding carboxylic acids is 1. The van der Waals surface area contributed by atoms with Gasteiger partial charge in [-0.1, -0.05) is 32.0 Å². The van der Waals surface area contributed by atoms with Crippen LogP contribution >= 0.6 is 0 Å². The van der Waals surface area contributed by atoms with E-state index in [0.717, 1.165) is 25.0 Å². The van der Waals surface area contributed by atoms with Gasteiger partial charge in [0, 0.05) is 20.2 Å². The second-order valence-electron chi connectivity index (χ2n) is 7.15. The molecule has 0 bridgehead atoms. The number of piperidine rings is 1. The molecule has 6 heteroatoms. The van der Waals surface area contributed by atoms with Crippen LogP contribution in [0.2, 0.25) is 0 Å². The average Bonchev–Trinajstić information content (AvgIpc) is 2.55. The highest BCUT2D eigenvalue weighted by atomic mass is 19.4. The molecule has 140 valence electrons.